The summed E-state index contributed by atoms with van der Waals surface area (Å²) in [5.41, 5.74) is 0.408. The summed E-state index contributed by atoms with van der Waals surface area (Å²) in [6, 6.07) is 0. The molecule has 0 spiro atoms. The van der Waals surface area contributed by atoms with Crippen molar-refractivity contribution in [3.8, 4) is 0 Å². The first kappa shape index (κ1) is 14.3. The first-order valence-corrected chi connectivity index (χ1v) is 7.96. The summed E-state index contributed by atoms with van der Waals surface area (Å²) in [4.78, 5) is 0. The fourth-order valence-electron chi connectivity index (χ4n) is 2.55. The highest BCUT2D eigenvalue weighted by Gasteiger charge is 2.40. The van der Waals surface area contributed by atoms with Gasteiger partial charge in [0, 0.05) is 18.6 Å². The Labute approximate surface area is 105 Å². The molecule has 2 unspecified atom stereocenters. The number of rotatable bonds is 8. The Morgan fingerprint density at radius 2 is 2.31 bits per heavy atom. The average Bonchev–Trinajstić information content (AvgIpc) is 2.62. The molecule has 2 nitrogen and oxygen atoms in total. The molecule has 1 rings (SSSR count). The van der Waals surface area contributed by atoms with Gasteiger partial charge in [0.05, 0.1) is 6.10 Å². The maximum atomic E-state index is 5.78. The van der Waals surface area contributed by atoms with E-state index >= 15 is 0 Å². The highest BCUT2D eigenvalue weighted by Crippen LogP contribution is 2.39. The van der Waals surface area contributed by atoms with Gasteiger partial charge in [0.15, 0.2) is 0 Å². The van der Waals surface area contributed by atoms with Crippen LogP contribution in [0.3, 0.4) is 0 Å². The molecule has 0 saturated carbocycles. The lowest BCUT2D eigenvalue weighted by Crippen LogP contribution is -2.39. The monoisotopic (exact) mass is 245 g/mol. The molecule has 0 aromatic heterocycles. The lowest BCUT2D eigenvalue weighted by atomic mass is 9.77. The summed E-state index contributed by atoms with van der Waals surface area (Å²) >= 11 is 1.95. The van der Waals surface area contributed by atoms with Gasteiger partial charge < -0.3 is 10.1 Å². The molecule has 0 bridgehead atoms. The number of hydrogen-bond donors (Lipinski definition) is 1. The first-order valence-electron chi connectivity index (χ1n) is 6.56. The van der Waals surface area contributed by atoms with Crippen LogP contribution < -0.4 is 5.32 Å². The quantitative estimate of drug-likeness (QED) is 0.664. The van der Waals surface area contributed by atoms with E-state index in [4.69, 9.17) is 4.74 Å². The van der Waals surface area contributed by atoms with Gasteiger partial charge in [-0.3, -0.25) is 0 Å². The molecular weight excluding hydrogens is 218 g/mol. The van der Waals surface area contributed by atoms with Gasteiger partial charge in [0.1, 0.15) is 0 Å². The Bertz CT molecular complexity index is 177. The van der Waals surface area contributed by atoms with Gasteiger partial charge in [0.25, 0.3) is 0 Å². The van der Waals surface area contributed by atoms with Gasteiger partial charge in [0.2, 0.25) is 0 Å². The molecule has 2 atom stereocenters. The van der Waals surface area contributed by atoms with Crippen molar-refractivity contribution >= 4 is 11.8 Å². The summed E-state index contributed by atoms with van der Waals surface area (Å²) in [5, 5.41) is 3.59. The van der Waals surface area contributed by atoms with Crippen LogP contribution >= 0.6 is 11.8 Å². The second-order valence-electron chi connectivity index (χ2n) is 4.90. The van der Waals surface area contributed by atoms with Gasteiger partial charge in [-0.15, -0.1) is 0 Å². The molecule has 1 heterocycles. The molecule has 0 radical (unpaired) electrons. The number of ether oxygens (including phenoxy) is 1. The van der Waals surface area contributed by atoms with E-state index in [-0.39, 0.29) is 0 Å². The maximum Gasteiger partial charge on any atom is 0.0616 e. The fraction of sp³-hybridized carbons (Fsp3) is 1.00. The molecule has 1 saturated heterocycles. The molecule has 1 fully saturated rings. The van der Waals surface area contributed by atoms with E-state index in [0.717, 1.165) is 19.7 Å². The minimum absolute atomic E-state index is 0.408. The largest absolute Gasteiger partial charge is 0.378 e. The van der Waals surface area contributed by atoms with Crippen LogP contribution in [-0.4, -0.2) is 37.8 Å². The topological polar surface area (TPSA) is 21.3 Å². The summed E-state index contributed by atoms with van der Waals surface area (Å²) in [6.45, 7) is 7.70. The van der Waals surface area contributed by atoms with E-state index in [2.05, 4.69) is 25.4 Å². The fourth-order valence-corrected chi connectivity index (χ4v) is 2.98. The van der Waals surface area contributed by atoms with Crippen molar-refractivity contribution in [2.24, 2.45) is 5.41 Å². The molecular formula is C13H27NOS. The molecule has 1 aliphatic heterocycles. The average molecular weight is 245 g/mol. The highest BCUT2D eigenvalue weighted by molar-refractivity contribution is 7.98. The minimum Gasteiger partial charge on any atom is -0.378 e. The number of thioether (sulfide) groups is 1. The van der Waals surface area contributed by atoms with Gasteiger partial charge >= 0.3 is 0 Å². The predicted molar refractivity (Wildman–Crippen MR) is 73.2 cm³/mol. The van der Waals surface area contributed by atoms with Crippen molar-refractivity contribution in [2.45, 2.75) is 45.6 Å². The van der Waals surface area contributed by atoms with Crippen LogP contribution in [0.4, 0.5) is 0 Å². The van der Waals surface area contributed by atoms with E-state index < -0.39 is 0 Å². The second kappa shape index (κ2) is 7.57. The summed E-state index contributed by atoms with van der Waals surface area (Å²) in [7, 11) is 0. The van der Waals surface area contributed by atoms with Crippen LogP contribution in [0.25, 0.3) is 0 Å². The van der Waals surface area contributed by atoms with Gasteiger partial charge in [-0.2, -0.15) is 11.8 Å². The van der Waals surface area contributed by atoms with E-state index in [1.54, 1.807) is 0 Å². The molecule has 0 aliphatic carbocycles. The standard InChI is InChI=1S/C13H27NOS/c1-4-8-14-11-13(6-5-10-16-3)7-9-15-12(13)2/h12,14H,4-11H2,1-3H3. The smallest absolute Gasteiger partial charge is 0.0616 e. The molecule has 16 heavy (non-hydrogen) atoms. The van der Waals surface area contributed by atoms with Crippen molar-refractivity contribution in [2.75, 3.05) is 31.7 Å². The Balaban J connectivity index is 2.40. The van der Waals surface area contributed by atoms with Crippen molar-refractivity contribution in [3.63, 3.8) is 0 Å². The molecule has 0 amide bonds. The van der Waals surface area contributed by atoms with E-state index in [0.29, 0.717) is 11.5 Å². The highest BCUT2D eigenvalue weighted by atomic mass is 32.2. The van der Waals surface area contributed by atoms with E-state index in [1.807, 2.05) is 11.8 Å². The molecule has 1 N–H and O–H groups in total. The number of nitrogens with one attached hydrogen (secondary N) is 1. The molecule has 0 aromatic rings. The van der Waals surface area contributed by atoms with Gasteiger partial charge in [-0.05, 0) is 51.2 Å². The third-order valence-corrected chi connectivity index (χ3v) is 4.45. The molecule has 1 aliphatic rings. The summed E-state index contributed by atoms with van der Waals surface area (Å²) in [6.07, 6.45) is 7.71. The lowest BCUT2D eigenvalue weighted by Gasteiger charge is -2.32. The molecule has 96 valence electrons. The SMILES string of the molecule is CCCNCC1(CCCSC)CCOC1C. The van der Waals surface area contributed by atoms with Gasteiger partial charge in [-0.25, -0.2) is 0 Å². The predicted octanol–water partition coefficient (Wildman–Crippen LogP) is 2.92. The minimum atomic E-state index is 0.408. The maximum absolute atomic E-state index is 5.78. The van der Waals surface area contributed by atoms with Crippen LogP contribution in [0.15, 0.2) is 0 Å². The third kappa shape index (κ3) is 3.94. The van der Waals surface area contributed by atoms with Crippen LogP contribution in [0.5, 0.6) is 0 Å². The van der Waals surface area contributed by atoms with Crippen molar-refractivity contribution < 1.29 is 4.74 Å². The Kier molecular flexibility index (Phi) is 6.78. The summed E-state index contributed by atoms with van der Waals surface area (Å²) < 4.78 is 5.78. The van der Waals surface area contributed by atoms with Gasteiger partial charge in [-0.1, -0.05) is 6.92 Å². The van der Waals surface area contributed by atoms with E-state index in [1.165, 1.54) is 31.4 Å². The summed E-state index contributed by atoms with van der Waals surface area (Å²) in [5.74, 6) is 1.28. The van der Waals surface area contributed by atoms with Crippen LogP contribution in [0.1, 0.15) is 39.5 Å². The van der Waals surface area contributed by atoms with E-state index in [9.17, 15) is 0 Å². The zero-order valence-corrected chi connectivity index (χ0v) is 11.9. The number of hydrogen-bond acceptors (Lipinski definition) is 3. The van der Waals surface area contributed by atoms with Crippen LogP contribution in [-0.2, 0) is 4.74 Å². The Morgan fingerprint density at radius 3 is 2.88 bits per heavy atom. The van der Waals surface area contributed by atoms with Crippen LogP contribution in [0, 0.1) is 5.41 Å². The third-order valence-electron chi connectivity index (χ3n) is 3.76. The van der Waals surface area contributed by atoms with Crippen LogP contribution in [0.2, 0.25) is 0 Å². The van der Waals surface area contributed by atoms with Crippen molar-refractivity contribution in [3.05, 3.63) is 0 Å². The Hall–Kier alpha value is 0.270. The second-order valence-corrected chi connectivity index (χ2v) is 5.88. The molecule has 0 aromatic carbocycles. The lowest BCUT2D eigenvalue weighted by molar-refractivity contribution is 0.0583. The van der Waals surface area contributed by atoms with Crippen molar-refractivity contribution in [1.29, 1.82) is 0 Å². The molecule has 3 heteroatoms. The zero-order chi connectivity index (χ0) is 11.9. The first-order chi connectivity index (χ1) is 7.75. The zero-order valence-electron chi connectivity index (χ0n) is 11.1. The van der Waals surface area contributed by atoms with Crippen molar-refractivity contribution in [1.82, 2.24) is 5.32 Å². The Morgan fingerprint density at radius 1 is 1.50 bits per heavy atom. The normalized spacial score (nSPS) is 29.8.